The van der Waals surface area contributed by atoms with E-state index >= 15 is 0 Å². The van der Waals surface area contributed by atoms with Crippen LogP contribution >= 0.6 is 11.8 Å². The molecule has 1 aromatic rings. The Hall–Kier alpha value is -1.57. The molecule has 1 fully saturated rings. The first-order chi connectivity index (χ1) is 9.76. The highest BCUT2D eigenvalue weighted by molar-refractivity contribution is 8.00. The summed E-state index contributed by atoms with van der Waals surface area (Å²) in [4.78, 5) is 23.7. The van der Waals surface area contributed by atoms with Crippen molar-refractivity contribution in [3.05, 3.63) is 6.33 Å². The lowest BCUT2D eigenvalue weighted by Crippen LogP contribution is -2.49. The quantitative estimate of drug-likeness (QED) is 0.827. The Kier molecular flexibility index (Phi) is 4.55. The normalized spacial score (nSPS) is 16.4. The molecule has 1 saturated carbocycles. The molecule has 0 radical (unpaired) electrons. The van der Waals surface area contributed by atoms with Crippen molar-refractivity contribution in [1.29, 1.82) is 0 Å². The first-order valence-electron chi connectivity index (χ1n) is 6.95. The van der Waals surface area contributed by atoms with Crippen molar-refractivity contribution in [2.45, 2.75) is 62.5 Å². The van der Waals surface area contributed by atoms with Crippen LogP contribution in [0.4, 0.5) is 4.79 Å². The van der Waals surface area contributed by atoms with Crippen LogP contribution in [-0.2, 0) is 4.79 Å². The largest absolute Gasteiger partial charge is 0.333 e. The van der Waals surface area contributed by atoms with Gasteiger partial charge in [-0.3, -0.25) is 10.1 Å². The van der Waals surface area contributed by atoms with Crippen LogP contribution < -0.4 is 10.6 Å². The minimum Gasteiger partial charge on any atom is -0.333 e. The molecule has 8 heteroatoms. The van der Waals surface area contributed by atoms with Gasteiger partial charge in [-0.2, -0.15) is 0 Å². The number of hydrogen-bond donors (Lipinski definition) is 2. The molecule has 0 saturated heterocycles. The lowest BCUT2D eigenvalue weighted by molar-refractivity contribution is -0.119. The molecule has 1 unspecified atom stereocenters. The molecule has 7 nitrogen and oxygen atoms in total. The van der Waals surface area contributed by atoms with E-state index in [1.165, 1.54) is 11.8 Å². The molecule has 0 aliphatic heterocycles. The molecular formula is C13H21N5O2S. The number of urea groups is 1. The molecule has 21 heavy (non-hydrogen) atoms. The lowest BCUT2D eigenvalue weighted by Gasteiger charge is -2.21. The van der Waals surface area contributed by atoms with Crippen molar-refractivity contribution in [2.75, 3.05) is 0 Å². The summed E-state index contributed by atoms with van der Waals surface area (Å²) in [5.74, 6) is -0.341. The minimum atomic E-state index is -0.483. The van der Waals surface area contributed by atoms with Crippen molar-refractivity contribution >= 4 is 23.7 Å². The van der Waals surface area contributed by atoms with E-state index < -0.39 is 11.3 Å². The highest BCUT2D eigenvalue weighted by atomic mass is 32.2. The van der Waals surface area contributed by atoms with Gasteiger partial charge in [0.2, 0.25) is 5.91 Å². The van der Waals surface area contributed by atoms with Crippen LogP contribution in [0.25, 0.3) is 0 Å². The van der Waals surface area contributed by atoms with Crippen molar-refractivity contribution in [3.63, 3.8) is 0 Å². The van der Waals surface area contributed by atoms with E-state index in [1.807, 2.05) is 25.3 Å². The predicted octanol–water partition coefficient (Wildman–Crippen LogP) is 1.72. The SMILES string of the molecule is CC(Sc1nncn1C1CC1)C(=O)NC(=O)NC(C)(C)C. The van der Waals surface area contributed by atoms with Crippen LogP contribution in [-0.4, -0.2) is 37.5 Å². The van der Waals surface area contributed by atoms with Crippen molar-refractivity contribution in [2.24, 2.45) is 0 Å². The zero-order chi connectivity index (χ0) is 15.6. The molecule has 0 spiro atoms. The number of rotatable bonds is 4. The molecule has 1 atom stereocenters. The third-order valence-electron chi connectivity index (χ3n) is 2.86. The first-order valence-corrected chi connectivity index (χ1v) is 7.83. The van der Waals surface area contributed by atoms with Gasteiger partial charge in [-0.05, 0) is 40.5 Å². The monoisotopic (exact) mass is 311 g/mol. The van der Waals surface area contributed by atoms with Crippen LogP contribution in [0.3, 0.4) is 0 Å². The molecule has 2 rings (SSSR count). The maximum atomic E-state index is 12.0. The maximum Gasteiger partial charge on any atom is 0.321 e. The number of carbonyl (C=O) groups is 2. The molecule has 2 N–H and O–H groups in total. The van der Waals surface area contributed by atoms with Crippen LogP contribution in [0.2, 0.25) is 0 Å². The van der Waals surface area contributed by atoms with Gasteiger partial charge in [0.25, 0.3) is 0 Å². The topological polar surface area (TPSA) is 88.9 Å². The predicted molar refractivity (Wildman–Crippen MR) is 80.0 cm³/mol. The van der Waals surface area contributed by atoms with Gasteiger partial charge in [-0.1, -0.05) is 11.8 Å². The number of thioether (sulfide) groups is 1. The summed E-state index contributed by atoms with van der Waals surface area (Å²) in [6.07, 6.45) is 3.94. The van der Waals surface area contributed by atoms with Gasteiger partial charge in [-0.25, -0.2) is 4.79 Å². The van der Waals surface area contributed by atoms with Gasteiger partial charge >= 0.3 is 6.03 Å². The standard InChI is InChI=1S/C13H21N5O2S/c1-8(10(19)15-11(20)16-13(2,3)4)21-12-17-14-7-18(12)9-5-6-9/h7-9H,5-6H2,1-4H3,(H2,15,16,19,20). The third kappa shape index (κ3) is 4.73. The Labute approximate surface area is 128 Å². The summed E-state index contributed by atoms with van der Waals surface area (Å²) < 4.78 is 1.99. The zero-order valence-corrected chi connectivity index (χ0v) is 13.5. The Balaban J connectivity index is 1.87. The van der Waals surface area contributed by atoms with Gasteiger partial charge in [0, 0.05) is 11.6 Å². The molecule has 1 aliphatic rings. The van der Waals surface area contributed by atoms with Crippen LogP contribution in [0.1, 0.15) is 46.6 Å². The second kappa shape index (κ2) is 6.05. The second-order valence-electron chi connectivity index (χ2n) is 6.21. The van der Waals surface area contributed by atoms with E-state index in [1.54, 1.807) is 13.3 Å². The molecule has 1 heterocycles. The smallest absolute Gasteiger partial charge is 0.321 e. The number of aromatic nitrogens is 3. The number of imide groups is 1. The van der Waals surface area contributed by atoms with Crippen molar-refractivity contribution in [3.8, 4) is 0 Å². The third-order valence-corrected chi connectivity index (χ3v) is 3.93. The molecule has 0 bridgehead atoms. The van der Waals surface area contributed by atoms with E-state index in [0.717, 1.165) is 18.0 Å². The van der Waals surface area contributed by atoms with Gasteiger partial charge in [-0.15, -0.1) is 10.2 Å². The van der Waals surface area contributed by atoms with E-state index in [2.05, 4.69) is 20.8 Å². The Morgan fingerprint density at radius 2 is 2.10 bits per heavy atom. The molecule has 0 aromatic carbocycles. The Bertz CT molecular complexity index is 533. The van der Waals surface area contributed by atoms with Crippen molar-refractivity contribution < 1.29 is 9.59 Å². The summed E-state index contributed by atoms with van der Waals surface area (Å²) in [5.41, 5.74) is -0.382. The number of nitrogens with one attached hydrogen (secondary N) is 2. The average Bonchev–Trinajstić information content (AvgIpc) is 3.07. The van der Waals surface area contributed by atoms with E-state index in [0.29, 0.717) is 6.04 Å². The fourth-order valence-corrected chi connectivity index (χ4v) is 2.61. The number of carbonyl (C=O) groups excluding carboxylic acids is 2. The molecule has 116 valence electrons. The number of hydrogen-bond acceptors (Lipinski definition) is 5. The highest BCUT2D eigenvalue weighted by Crippen LogP contribution is 2.37. The summed E-state index contributed by atoms with van der Waals surface area (Å²) in [6, 6.07) is -0.0226. The van der Waals surface area contributed by atoms with E-state index in [4.69, 9.17) is 0 Å². The van der Waals surface area contributed by atoms with Crippen LogP contribution in [0, 0.1) is 0 Å². The molecule has 1 aliphatic carbocycles. The summed E-state index contributed by atoms with van der Waals surface area (Å²) in [6.45, 7) is 7.31. The Morgan fingerprint density at radius 1 is 1.43 bits per heavy atom. The van der Waals surface area contributed by atoms with Gasteiger partial charge < -0.3 is 9.88 Å². The Morgan fingerprint density at radius 3 is 2.67 bits per heavy atom. The van der Waals surface area contributed by atoms with Crippen LogP contribution in [0.15, 0.2) is 11.5 Å². The van der Waals surface area contributed by atoms with Crippen LogP contribution in [0.5, 0.6) is 0 Å². The maximum absolute atomic E-state index is 12.0. The van der Waals surface area contributed by atoms with Crippen molar-refractivity contribution in [1.82, 2.24) is 25.4 Å². The molecule has 1 aromatic heterocycles. The zero-order valence-electron chi connectivity index (χ0n) is 12.7. The highest BCUT2D eigenvalue weighted by Gasteiger charge is 2.28. The summed E-state index contributed by atoms with van der Waals surface area (Å²) >= 11 is 1.31. The van der Waals surface area contributed by atoms with E-state index in [9.17, 15) is 9.59 Å². The lowest BCUT2D eigenvalue weighted by atomic mass is 10.1. The first kappa shape index (κ1) is 15.8. The number of amides is 3. The fourth-order valence-electron chi connectivity index (χ4n) is 1.72. The van der Waals surface area contributed by atoms with Gasteiger partial charge in [0.05, 0.1) is 5.25 Å². The minimum absolute atomic E-state index is 0.341. The fraction of sp³-hybridized carbons (Fsp3) is 0.692. The van der Waals surface area contributed by atoms with Gasteiger partial charge in [0.1, 0.15) is 6.33 Å². The summed E-state index contributed by atoms with van der Waals surface area (Å²) in [5, 5.41) is 13.3. The molecule has 3 amide bonds. The second-order valence-corrected chi connectivity index (χ2v) is 7.51. The summed E-state index contributed by atoms with van der Waals surface area (Å²) in [7, 11) is 0. The average molecular weight is 311 g/mol. The van der Waals surface area contributed by atoms with Gasteiger partial charge in [0.15, 0.2) is 5.16 Å². The number of nitrogens with zero attached hydrogens (tertiary/aromatic N) is 3. The molecular weight excluding hydrogens is 290 g/mol. The van der Waals surface area contributed by atoms with E-state index in [-0.39, 0.29) is 11.4 Å².